The van der Waals surface area contributed by atoms with E-state index in [0.717, 1.165) is 17.4 Å². The van der Waals surface area contributed by atoms with Crippen LogP contribution < -0.4 is 5.32 Å². The van der Waals surface area contributed by atoms with Crippen LogP contribution in [0.3, 0.4) is 0 Å². The Kier molecular flexibility index (Phi) is 4.72. The Bertz CT molecular complexity index is 376. The molecule has 0 amide bonds. The third kappa shape index (κ3) is 3.64. The Morgan fingerprint density at radius 1 is 1.47 bits per heavy atom. The van der Waals surface area contributed by atoms with Gasteiger partial charge in [0.25, 0.3) is 0 Å². The molecule has 1 aromatic rings. The Balaban J connectivity index is 2.83. The van der Waals surface area contributed by atoms with E-state index in [1.165, 1.54) is 0 Å². The highest BCUT2D eigenvalue weighted by Gasteiger charge is 1.95. The van der Waals surface area contributed by atoms with E-state index in [4.69, 9.17) is 5.26 Å². The molecule has 0 spiro atoms. The van der Waals surface area contributed by atoms with Crippen molar-refractivity contribution in [3.63, 3.8) is 0 Å². The average molecular weight is 219 g/mol. The van der Waals surface area contributed by atoms with Gasteiger partial charge < -0.3 is 5.32 Å². The molecule has 1 N–H and O–H groups in total. The van der Waals surface area contributed by atoms with E-state index >= 15 is 0 Å². The molecular weight excluding hydrogens is 206 g/mol. The molecule has 0 fully saturated rings. The van der Waals surface area contributed by atoms with Gasteiger partial charge in [-0.05, 0) is 37.4 Å². The van der Waals surface area contributed by atoms with Gasteiger partial charge >= 0.3 is 0 Å². The van der Waals surface area contributed by atoms with Crippen LogP contribution >= 0.6 is 11.8 Å². The van der Waals surface area contributed by atoms with E-state index in [9.17, 15) is 0 Å². The molecule has 3 nitrogen and oxygen atoms in total. The van der Waals surface area contributed by atoms with Crippen molar-refractivity contribution >= 4 is 22.6 Å². The fourth-order valence-electron chi connectivity index (χ4n) is 1.04. The molecular formula is C11H13N3S. The predicted octanol–water partition coefficient (Wildman–Crippen LogP) is 2.52. The smallest absolute Gasteiger partial charge is 0.161 e. The van der Waals surface area contributed by atoms with Crippen LogP contribution in [-0.2, 0) is 0 Å². The summed E-state index contributed by atoms with van der Waals surface area (Å²) in [4.78, 5) is 4.40. The van der Waals surface area contributed by atoms with Gasteiger partial charge in [0.2, 0.25) is 0 Å². The quantitative estimate of drug-likeness (QED) is 0.614. The molecule has 0 atom stereocenters. The zero-order valence-corrected chi connectivity index (χ0v) is 9.64. The number of nitrogens with one attached hydrogen (secondary N) is 1. The number of hydrogen-bond acceptors (Lipinski definition) is 3. The largest absolute Gasteiger partial charge is 0.365 e. The van der Waals surface area contributed by atoms with Crippen LogP contribution in [-0.4, -0.2) is 18.0 Å². The summed E-state index contributed by atoms with van der Waals surface area (Å²) < 4.78 is 0. The van der Waals surface area contributed by atoms with E-state index in [2.05, 4.69) is 16.4 Å². The lowest BCUT2D eigenvalue weighted by Gasteiger charge is -2.03. The van der Waals surface area contributed by atoms with Crippen molar-refractivity contribution in [1.82, 2.24) is 5.32 Å². The second-order valence-electron chi connectivity index (χ2n) is 2.81. The van der Waals surface area contributed by atoms with Crippen molar-refractivity contribution in [1.29, 1.82) is 5.26 Å². The third-order valence-electron chi connectivity index (χ3n) is 1.75. The van der Waals surface area contributed by atoms with E-state index < -0.39 is 0 Å². The summed E-state index contributed by atoms with van der Waals surface area (Å²) in [7, 11) is 0. The van der Waals surface area contributed by atoms with Gasteiger partial charge in [0.1, 0.15) is 0 Å². The average Bonchev–Trinajstić information content (AvgIpc) is 2.29. The monoisotopic (exact) mass is 219 g/mol. The molecule has 1 rings (SSSR count). The molecule has 0 radical (unpaired) electrons. The minimum atomic E-state index is 0.656. The minimum Gasteiger partial charge on any atom is -0.365 e. The Hall–Kier alpha value is -1.47. The Morgan fingerprint density at radius 3 is 2.60 bits per heavy atom. The first-order valence-electron chi connectivity index (χ1n) is 4.67. The first-order chi connectivity index (χ1) is 7.30. The zero-order chi connectivity index (χ0) is 11.1. The molecule has 1 aromatic carbocycles. The first kappa shape index (κ1) is 11.6. The number of thioether (sulfide) groups is 1. The zero-order valence-electron chi connectivity index (χ0n) is 8.82. The summed E-state index contributed by atoms with van der Waals surface area (Å²) in [5.41, 5.74) is 1.52. The SMILES string of the molecule is CCN/C(=N/c1ccc(C#N)cc1)SC. The van der Waals surface area contributed by atoms with Crippen LogP contribution in [0.2, 0.25) is 0 Å². The summed E-state index contributed by atoms with van der Waals surface area (Å²) >= 11 is 1.57. The summed E-state index contributed by atoms with van der Waals surface area (Å²) in [6.07, 6.45) is 1.98. The fourth-order valence-corrected chi connectivity index (χ4v) is 1.52. The maximum absolute atomic E-state index is 8.64. The van der Waals surface area contributed by atoms with Gasteiger partial charge in [-0.25, -0.2) is 4.99 Å². The second kappa shape index (κ2) is 6.10. The van der Waals surface area contributed by atoms with Gasteiger partial charge in [-0.2, -0.15) is 5.26 Å². The highest BCUT2D eigenvalue weighted by molar-refractivity contribution is 8.13. The molecule has 0 bridgehead atoms. The first-order valence-corrected chi connectivity index (χ1v) is 5.89. The number of aliphatic imine (C=N–C) groups is 1. The summed E-state index contributed by atoms with van der Waals surface area (Å²) in [6, 6.07) is 9.29. The molecule has 0 saturated carbocycles. The number of amidine groups is 1. The van der Waals surface area contributed by atoms with E-state index in [1.54, 1.807) is 23.9 Å². The normalized spacial score (nSPS) is 10.9. The Labute approximate surface area is 94.2 Å². The number of nitrogens with zero attached hydrogens (tertiary/aromatic N) is 2. The minimum absolute atomic E-state index is 0.656. The standard InChI is InChI=1S/C11H13N3S/c1-3-13-11(15-2)14-10-6-4-9(8-12)5-7-10/h4-7H,3H2,1-2H3,(H,13,14). The molecule has 0 heterocycles. The van der Waals surface area contributed by atoms with E-state index in [0.29, 0.717) is 5.56 Å². The lowest BCUT2D eigenvalue weighted by molar-refractivity contribution is 0.981. The van der Waals surface area contributed by atoms with E-state index in [-0.39, 0.29) is 0 Å². The summed E-state index contributed by atoms with van der Waals surface area (Å²) in [6.45, 7) is 2.89. The van der Waals surface area contributed by atoms with Crippen molar-refractivity contribution in [2.75, 3.05) is 12.8 Å². The van der Waals surface area contributed by atoms with Crippen LogP contribution in [0.25, 0.3) is 0 Å². The maximum Gasteiger partial charge on any atom is 0.161 e. The van der Waals surface area contributed by atoms with Crippen LogP contribution in [0, 0.1) is 11.3 Å². The van der Waals surface area contributed by atoms with Gasteiger partial charge in [0.15, 0.2) is 5.17 Å². The molecule has 4 heteroatoms. The predicted molar refractivity (Wildman–Crippen MR) is 65.4 cm³/mol. The number of hydrogen-bond donors (Lipinski definition) is 1. The van der Waals surface area contributed by atoms with Crippen LogP contribution in [0.5, 0.6) is 0 Å². The molecule has 0 aliphatic carbocycles. The van der Waals surface area contributed by atoms with Crippen molar-refractivity contribution < 1.29 is 0 Å². The Morgan fingerprint density at radius 2 is 2.13 bits per heavy atom. The molecule has 78 valence electrons. The fraction of sp³-hybridized carbons (Fsp3) is 0.273. The third-order valence-corrected chi connectivity index (χ3v) is 2.37. The molecule has 15 heavy (non-hydrogen) atoms. The maximum atomic E-state index is 8.64. The van der Waals surface area contributed by atoms with Crippen LogP contribution in [0.4, 0.5) is 5.69 Å². The van der Waals surface area contributed by atoms with Gasteiger partial charge in [0.05, 0.1) is 17.3 Å². The van der Waals surface area contributed by atoms with Crippen LogP contribution in [0.15, 0.2) is 29.3 Å². The summed E-state index contributed by atoms with van der Waals surface area (Å²) in [5.74, 6) is 0. The van der Waals surface area contributed by atoms with Crippen molar-refractivity contribution in [2.24, 2.45) is 4.99 Å². The molecule has 0 saturated heterocycles. The van der Waals surface area contributed by atoms with E-state index in [1.807, 2.05) is 25.3 Å². The number of rotatable bonds is 2. The van der Waals surface area contributed by atoms with Gasteiger partial charge in [0, 0.05) is 6.54 Å². The second-order valence-corrected chi connectivity index (χ2v) is 3.61. The van der Waals surface area contributed by atoms with Gasteiger partial charge in [-0.1, -0.05) is 11.8 Å². The molecule has 0 aromatic heterocycles. The van der Waals surface area contributed by atoms with Crippen molar-refractivity contribution in [3.05, 3.63) is 29.8 Å². The van der Waals surface area contributed by atoms with Gasteiger partial charge in [-0.15, -0.1) is 0 Å². The number of benzene rings is 1. The lowest BCUT2D eigenvalue weighted by Crippen LogP contribution is -2.18. The van der Waals surface area contributed by atoms with Crippen molar-refractivity contribution in [2.45, 2.75) is 6.92 Å². The highest BCUT2D eigenvalue weighted by Crippen LogP contribution is 2.14. The number of nitriles is 1. The van der Waals surface area contributed by atoms with Crippen LogP contribution in [0.1, 0.15) is 12.5 Å². The van der Waals surface area contributed by atoms with Crippen molar-refractivity contribution in [3.8, 4) is 6.07 Å². The topological polar surface area (TPSA) is 48.2 Å². The molecule has 0 aliphatic rings. The molecule has 0 aliphatic heterocycles. The lowest BCUT2D eigenvalue weighted by atomic mass is 10.2. The van der Waals surface area contributed by atoms with Gasteiger partial charge in [-0.3, -0.25) is 0 Å². The molecule has 0 unspecified atom stereocenters. The summed E-state index contributed by atoms with van der Waals surface area (Å²) in [5, 5.41) is 12.7. The highest BCUT2D eigenvalue weighted by atomic mass is 32.2.